The average Bonchev–Trinajstić information content (AvgIpc) is 3.23. The smallest absolute Gasteiger partial charge is 0.319 e. The Kier molecular flexibility index (Phi) is 4.37. The van der Waals surface area contributed by atoms with Gasteiger partial charge in [0.25, 0.3) is 0 Å². The first-order valence-corrected chi connectivity index (χ1v) is 7.06. The van der Waals surface area contributed by atoms with Gasteiger partial charge in [-0.05, 0) is 30.3 Å². The van der Waals surface area contributed by atoms with Crippen LogP contribution in [-0.4, -0.2) is 22.4 Å². The van der Waals surface area contributed by atoms with Gasteiger partial charge in [0.05, 0.1) is 12.0 Å². The van der Waals surface area contributed by atoms with E-state index in [9.17, 15) is 9.18 Å². The zero-order valence-electron chi connectivity index (χ0n) is 12.1. The molecule has 0 bridgehead atoms. The minimum Gasteiger partial charge on any atom is -0.467 e. The lowest BCUT2D eigenvalue weighted by molar-refractivity contribution is 0.249. The summed E-state index contributed by atoms with van der Waals surface area (Å²) in [5.74, 6) is 0.178. The number of nitrogens with one attached hydrogen (secondary N) is 2. The van der Waals surface area contributed by atoms with E-state index in [0.29, 0.717) is 5.76 Å². The van der Waals surface area contributed by atoms with Gasteiger partial charge in [0.2, 0.25) is 0 Å². The number of halogens is 1. The van der Waals surface area contributed by atoms with Crippen molar-refractivity contribution in [2.75, 3.05) is 11.9 Å². The van der Waals surface area contributed by atoms with Crippen LogP contribution in [0.5, 0.6) is 0 Å². The van der Waals surface area contributed by atoms with Crippen molar-refractivity contribution in [3.8, 4) is 0 Å². The maximum atomic E-state index is 13.5. The van der Waals surface area contributed by atoms with Gasteiger partial charge < -0.3 is 15.1 Å². The fourth-order valence-corrected chi connectivity index (χ4v) is 2.19. The number of furan rings is 1. The second-order valence-electron chi connectivity index (χ2n) is 4.83. The number of carbonyl (C=O) groups is 1. The Morgan fingerprint density at radius 3 is 2.83 bits per heavy atom. The van der Waals surface area contributed by atoms with E-state index in [1.165, 1.54) is 12.1 Å². The maximum absolute atomic E-state index is 13.5. The number of amides is 2. The lowest BCUT2D eigenvalue weighted by Crippen LogP contribution is -2.34. The third-order valence-electron chi connectivity index (χ3n) is 3.29. The minimum absolute atomic E-state index is 0.124. The van der Waals surface area contributed by atoms with Crippen LogP contribution in [0, 0.1) is 5.82 Å². The summed E-state index contributed by atoms with van der Waals surface area (Å²) in [5, 5.41) is 9.34. The molecule has 7 heteroatoms. The van der Waals surface area contributed by atoms with Crippen LogP contribution in [-0.2, 0) is 0 Å². The summed E-state index contributed by atoms with van der Waals surface area (Å²) in [7, 11) is 0. The first kappa shape index (κ1) is 14.8. The zero-order valence-corrected chi connectivity index (χ0v) is 12.1. The van der Waals surface area contributed by atoms with Gasteiger partial charge in [-0.25, -0.2) is 9.18 Å². The third kappa shape index (κ3) is 3.57. The van der Waals surface area contributed by atoms with Crippen LogP contribution in [0.25, 0.3) is 0 Å². The van der Waals surface area contributed by atoms with Crippen LogP contribution in [0.3, 0.4) is 0 Å². The normalized spacial score (nSPS) is 11.9. The predicted molar refractivity (Wildman–Crippen MR) is 82.5 cm³/mol. The van der Waals surface area contributed by atoms with E-state index in [0.717, 1.165) is 0 Å². The quantitative estimate of drug-likeness (QED) is 0.760. The van der Waals surface area contributed by atoms with Crippen molar-refractivity contribution >= 4 is 11.7 Å². The highest BCUT2D eigenvalue weighted by Gasteiger charge is 2.18. The van der Waals surface area contributed by atoms with Crippen molar-refractivity contribution in [3.63, 3.8) is 0 Å². The van der Waals surface area contributed by atoms with Crippen molar-refractivity contribution in [2.24, 2.45) is 0 Å². The zero-order chi connectivity index (χ0) is 16.1. The Morgan fingerprint density at radius 1 is 1.26 bits per heavy atom. The Labute approximate surface area is 131 Å². The van der Waals surface area contributed by atoms with Gasteiger partial charge in [-0.1, -0.05) is 12.1 Å². The molecule has 0 aliphatic carbocycles. The van der Waals surface area contributed by atoms with Gasteiger partial charge >= 0.3 is 6.03 Å². The maximum Gasteiger partial charge on any atom is 0.319 e. The number of hydrogen-bond donors (Lipinski definition) is 2. The molecule has 0 saturated heterocycles. The van der Waals surface area contributed by atoms with Crippen molar-refractivity contribution in [1.82, 2.24) is 15.1 Å². The molecule has 2 aromatic heterocycles. The van der Waals surface area contributed by atoms with Crippen LogP contribution in [0.2, 0.25) is 0 Å². The molecule has 3 aromatic rings. The second-order valence-corrected chi connectivity index (χ2v) is 4.83. The molecule has 2 amide bonds. The molecule has 1 unspecified atom stereocenters. The summed E-state index contributed by atoms with van der Waals surface area (Å²) in [6.45, 7) is 0.246. The lowest BCUT2D eigenvalue weighted by atomic mass is 10.2. The number of para-hydroxylation sites is 1. The fraction of sp³-hybridized carbons (Fsp3) is 0.125. The predicted octanol–water partition coefficient (Wildman–Crippen LogP) is 3.03. The standard InChI is InChI=1S/C16H15FN4O2/c17-12-5-1-2-6-13(12)20-16(22)18-11-14(15-7-3-10-23-15)21-9-4-8-19-21/h1-10,14H,11H2,(H2,18,20,22). The van der Waals surface area contributed by atoms with Crippen molar-refractivity contribution in [3.05, 3.63) is 72.7 Å². The SMILES string of the molecule is O=C(NCC(c1ccco1)n1cccn1)Nc1ccccc1F. The van der Waals surface area contributed by atoms with E-state index in [1.807, 2.05) is 6.07 Å². The molecule has 1 atom stereocenters. The van der Waals surface area contributed by atoms with E-state index >= 15 is 0 Å². The molecule has 23 heavy (non-hydrogen) atoms. The van der Waals surface area contributed by atoms with E-state index < -0.39 is 11.8 Å². The van der Waals surface area contributed by atoms with Gasteiger partial charge in [-0.2, -0.15) is 5.10 Å². The first-order chi connectivity index (χ1) is 11.2. The van der Waals surface area contributed by atoms with E-state index in [1.54, 1.807) is 47.6 Å². The van der Waals surface area contributed by atoms with Crippen LogP contribution in [0.4, 0.5) is 14.9 Å². The molecule has 2 heterocycles. The van der Waals surface area contributed by atoms with Gasteiger partial charge in [-0.3, -0.25) is 4.68 Å². The molecule has 0 saturated carbocycles. The molecule has 1 aromatic carbocycles. The van der Waals surface area contributed by atoms with E-state index in [4.69, 9.17) is 4.42 Å². The summed E-state index contributed by atoms with van der Waals surface area (Å²) < 4.78 is 20.6. The average molecular weight is 314 g/mol. The minimum atomic E-state index is -0.501. The van der Waals surface area contributed by atoms with E-state index in [2.05, 4.69) is 15.7 Å². The Hall–Kier alpha value is -3.09. The molecule has 6 nitrogen and oxygen atoms in total. The summed E-state index contributed by atoms with van der Waals surface area (Å²) in [6.07, 6.45) is 4.99. The summed E-state index contributed by atoms with van der Waals surface area (Å²) >= 11 is 0. The van der Waals surface area contributed by atoms with Crippen molar-refractivity contribution in [2.45, 2.75) is 6.04 Å². The number of aromatic nitrogens is 2. The molecule has 0 radical (unpaired) electrons. The molecule has 118 valence electrons. The topological polar surface area (TPSA) is 72.1 Å². The monoisotopic (exact) mass is 314 g/mol. The summed E-state index contributed by atoms with van der Waals surface area (Å²) in [6, 6.07) is 10.6. The molecule has 0 fully saturated rings. The fourth-order valence-electron chi connectivity index (χ4n) is 2.19. The van der Waals surface area contributed by atoms with Gasteiger partial charge in [0.1, 0.15) is 17.6 Å². The third-order valence-corrected chi connectivity index (χ3v) is 3.29. The van der Waals surface area contributed by atoms with Gasteiger partial charge in [0, 0.05) is 18.9 Å². The summed E-state index contributed by atoms with van der Waals surface area (Å²) in [4.78, 5) is 12.0. The number of benzene rings is 1. The number of rotatable bonds is 5. The molecule has 0 spiro atoms. The summed E-state index contributed by atoms with van der Waals surface area (Å²) in [5.41, 5.74) is 0.124. The number of nitrogens with zero attached hydrogens (tertiary/aromatic N) is 2. The second kappa shape index (κ2) is 6.78. The molecular weight excluding hydrogens is 299 g/mol. The van der Waals surface area contributed by atoms with Crippen molar-refractivity contribution < 1.29 is 13.6 Å². The van der Waals surface area contributed by atoms with Crippen LogP contribution >= 0.6 is 0 Å². The Balaban J connectivity index is 1.65. The Morgan fingerprint density at radius 2 is 2.13 bits per heavy atom. The van der Waals surface area contributed by atoms with Gasteiger partial charge in [-0.15, -0.1) is 0 Å². The van der Waals surface area contributed by atoms with Crippen LogP contribution in [0.15, 0.2) is 65.5 Å². The highest BCUT2D eigenvalue weighted by molar-refractivity contribution is 5.89. The van der Waals surface area contributed by atoms with Crippen molar-refractivity contribution in [1.29, 1.82) is 0 Å². The highest BCUT2D eigenvalue weighted by Crippen LogP contribution is 2.17. The molecule has 3 rings (SSSR count). The largest absolute Gasteiger partial charge is 0.467 e. The number of anilines is 1. The number of hydrogen-bond acceptors (Lipinski definition) is 3. The molecule has 0 aliphatic heterocycles. The molecule has 2 N–H and O–H groups in total. The highest BCUT2D eigenvalue weighted by atomic mass is 19.1. The van der Waals surface area contributed by atoms with Crippen LogP contribution in [0.1, 0.15) is 11.8 Å². The number of carbonyl (C=O) groups excluding carboxylic acids is 1. The van der Waals surface area contributed by atoms with E-state index in [-0.39, 0.29) is 18.3 Å². The molecule has 0 aliphatic rings. The first-order valence-electron chi connectivity index (χ1n) is 7.06. The number of urea groups is 1. The lowest BCUT2D eigenvalue weighted by Gasteiger charge is -2.16. The Bertz CT molecular complexity index is 722. The molecular formula is C16H15FN4O2. The van der Waals surface area contributed by atoms with Gasteiger partial charge in [0.15, 0.2) is 0 Å². The van der Waals surface area contributed by atoms with Crippen LogP contribution < -0.4 is 10.6 Å².